The number of benzene rings is 2. The molecule has 0 spiro atoms. The van der Waals surface area contributed by atoms with Crippen LogP contribution in [0.4, 0.5) is 5.69 Å². The largest absolute Gasteiger partial charge is 0.483 e. The van der Waals surface area contributed by atoms with Crippen LogP contribution in [-0.2, 0) is 4.79 Å². The van der Waals surface area contributed by atoms with Crippen LogP contribution in [0.3, 0.4) is 0 Å². The maximum absolute atomic E-state index is 12.4. The van der Waals surface area contributed by atoms with Crippen molar-refractivity contribution >= 4 is 17.5 Å². The number of carbonyl (C=O) groups excluding carboxylic acids is 2. The standard InChI is InChI=1S/C21H27N3O3/c1-15-9-10-17(13-16(15)2)23-20(25)14-27-19-8-6-5-7-18(19)21(26)22-11-12-24(3)4/h5-10,13H,11-12,14H2,1-4H3,(H,22,26)(H,23,25)/p+1. The van der Waals surface area contributed by atoms with Gasteiger partial charge in [-0.1, -0.05) is 18.2 Å². The van der Waals surface area contributed by atoms with Crippen molar-refractivity contribution in [3.8, 4) is 5.75 Å². The average Bonchev–Trinajstić information content (AvgIpc) is 2.63. The van der Waals surface area contributed by atoms with Crippen LogP contribution in [0.1, 0.15) is 21.5 Å². The molecule has 0 aliphatic rings. The quantitative estimate of drug-likeness (QED) is 0.654. The van der Waals surface area contributed by atoms with Crippen LogP contribution < -0.4 is 20.3 Å². The van der Waals surface area contributed by atoms with Gasteiger partial charge in [0.2, 0.25) is 0 Å². The van der Waals surface area contributed by atoms with Crippen molar-refractivity contribution in [2.24, 2.45) is 0 Å². The molecule has 0 radical (unpaired) electrons. The van der Waals surface area contributed by atoms with Crippen LogP contribution in [0.15, 0.2) is 42.5 Å². The predicted molar refractivity (Wildman–Crippen MR) is 106 cm³/mol. The highest BCUT2D eigenvalue weighted by molar-refractivity contribution is 5.97. The van der Waals surface area contributed by atoms with Crippen molar-refractivity contribution in [3.63, 3.8) is 0 Å². The monoisotopic (exact) mass is 370 g/mol. The Hall–Kier alpha value is -2.86. The second-order valence-corrected chi connectivity index (χ2v) is 6.85. The zero-order chi connectivity index (χ0) is 19.8. The normalized spacial score (nSPS) is 10.6. The van der Waals surface area contributed by atoms with Crippen LogP contribution in [-0.4, -0.2) is 45.6 Å². The number of likely N-dealkylation sites (N-methyl/N-ethyl adjacent to an activating group) is 1. The van der Waals surface area contributed by atoms with Gasteiger partial charge < -0.3 is 20.3 Å². The summed E-state index contributed by atoms with van der Waals surface area (Å²) in [4.78, 5) is 25.8. The first-order valence-electron chi connectivity index (χ1n) is 9.03. The fraction of sp³-hybridized carbons (Fsp3) is 0.333. The minimum atomic E-state index is -0.273. The number of nitrogens with one attached hydrogen (secondary N) is 3. The SMILES string of the molecule is Cc1ccc(NC(=O)COc2ccccc2C(=O)NCC[NH+](C)C)cc1C. The molecule has 0 heterocycles. The second-order valence-electron chi connectivity index (χ2n) is 6.85. The summed E-state index contributed by atoms with van der Waals surface area (Å²) in [7, 11) is 4.05. The summed E-state index contributed by atoms with van der Waals surface area (Å²) >= 11 is 0. The van der Waals surface area contributed by atoms with Gasteiger partial charge in [-0.25, -0.2) is 0 Å². The van der Waals surface area contributed by atoms with E-state index in [4.69, 9.17) is 4.74 Å². The Labute approximate surface area is 160 Å². The third kappa shape index (κ3) is 6.42. The zero-order valence-electron chi connectivity index (χ0n) is 16.4. The lowest BCUT2D eigenvalue weighted by Gasteiger charge is -2.13. The van der Waals surface area contributed by atoms with Gasteiger partial charge in [0.15, 0.2) is 6.61 Å². The van der Waals surface area contributed by atoms with E-state index in [1.165, 1.54) is 10.5 Å². The summed E-state index contributed by atoms with van der Waals surface area (Å²) in [5.74, 6) is -0.0893. The van der Waals surface area contributed by atoms with Gasteiger partial charge in [0, 0.05) is 5.69 Å². The van der Waals surface area contributed by atoms with Crippen molar-refractivity contribution in [2.75, 3.05) is 39.1 Å². The average molecular weight is 370 g/mol. The van der Waals surface area contributed by atoms with Crippen molar-refractivity contribution in [1.82, 2.24) is 5.32 Å². The third-order valence-electron chi connectivity index (χ3n) is 4.19. The van der Waals surface area contributed by atoms with Crippen LogP contribution in [0, 0.1) is 13.8 Å². The Kier molecular flexibility index (Phi) is 7.37. The van der Waals surface area contributed by atoms with Gasteiger partial charge in [-0.2, -0.15) is 0 Å². The van der Waals surface area contributed by atoms with Gasteiger partial charge in [0.25, 0.3) is 11.8 Å². The Morgan fingerprint density at radius 1 is 1.04 bits per heavy atom. The lowest BCUT2D eigenvalue weighted by Crippen LogP contribution is -3.06. The van der Waals surface area contributed by atoms with E-state index in [9.17, 15) is 9.59 Å². The number of hydrogen-bond donors (Lipinski definition) is 3. The number of ether oxygens (including phenoxy) is 1. The molecule has 144 valence electrons. The first-order valence-corrected chi connectivity index (χ1v) is 9.03. The summed E-state index contributed by atoms with van der Waals surface area (Å²) in [6, 6.07) is 12.7. The smallest absolute Gasteiger partial charge is 0.262 e. The molecule has 0 bridgehead atoms. The molecule has 0 aromatic heterocycles. The lowest BCUT2D eigenvalue weighted by molar-refractivity contribution is -0.856. The van der Waals surface area contributed by atoms with Crippen molar-refractivity contribution < 1.29 is 19.2 Å². The molecular formula is C21H28N3O3+. The van der Waals surface area contributed by atoms with E-state index in [-0.39, 0.29) is 18.4 Å². The van der Waals surface area contributed by atoms with E-state index in [1.54, 1.807) is 24.3 Å². The van der Waals surface area contributed by atoms with E-state index in [1.807, 2.05) is 46.1 Å². The second kappa shape index (κ2) is 9.73. The van der Waals surface area contributed by atoms with Crippen LogP contribution in [0.2, 0.25) is 0 Å². The van der Waals surface area contributed by atoms with Crippen LogP contribution >= 0.6 is 0 Å². The first-order chi connectivity index (χ1) is 12.9. The number of hydrogen-bond acceptors (Lipinski definition) is 3. The van der Waals surface area contributed by atoms with Gasteiger partial charge in [-0.3, -0.25) is 9.59 Å². The van der Waals surface area contributed by atoms with Gasteiger partial charge >= 0.3 is 0 Å². The summed E-state index contributed by atoms with van der Waals surface area (Å²) in [6.07, 6.45) is 0. The molecule has 0 saturated carbocycles. The maximum atomic E-state index is 12.4. The maximum Gasteiger partial charge on any atom is 0.262 e. The van der Waals surface area contributed by atoms with Crippen LogP contribution in [0.25, 0.3) is 0 Å². The number of aryl methyl sites for hydroxylation is 2. The molecule has 2 amide bonds. The Morgan fingerprint density at radius 2 is 1.78 bits per heavy atom. The van der Waals surface area contributed by atoms with Gasteiger partial charge in [-0.05, 0) is 49.2 Å². The van der Waals surface area contributed by atoms with Gasteiger partial charge in [-0.15, -0.1) is 0 Å². The topological polar surface area (TPSA) is 71.9 Å². The van der Waals surface area contributed by atoms with Crippen molar-refractivity contribution in [1.29, 1.82) is 0 Å². The van der Waals surface area contributed by atoms with Gasteiger partial charge in [0.05, 0.1) is 32.7 Å². The van der Waals surface area contributed by atoms with E-state index in [0.29, 0.717) is 17.9 Å². The van der Waals surface area contributed by atoms with E-state index >= 15 is 0 Å². The molecule has 2 aromatic carbocycles. The highest BCUT2D eigenvalue weighted by Gasteiger charge is 2.13. The number of carbonyl (C=O) groups is 2. The molecular weight excluding hydrogens is 342 g/mol. The van der Waals surface area contributed by atoms with E-state index in [0.717, 1.165) is 17.8 Å². The Bertz CT molecular complexity index is 803. The molecule has 0 saturated heterocycles. The molecule has 2 aromatic rings. The van der Waals surface area contributed by atoms with E-state index < -0.39 is 0 Å². The first kappa shape index (κ1) is 20.5. The summed E-state index contributed by atoms with van der Waals surface area (Å²) in [5, 5.41) is 5.68. The lowest BCUT2D eigenvalue weighted by atomic mass is 10.1. The molecule has 0 aliphatic heterocycles. The van der Waals surface area contributed by atoms with Gasteiger partial charge in [0.1, 0.15) is 5.75 Å². The summed E-state index contributed by atoms with van der Waals surface area (Å²) < 4.78 is 5.60. The highest BCUT2D eigenvalue weighted by atomic mass is 16.5. The summed E-state index contributed by atoms with van der Waals surface area (Å²) in [6.45, 7) is 5.25. The Balaban J connectivity index is 1.94. The molecule has 6 heteroatoms. The minimum absolute atomic E-state index is 0.168. The predicted octanol–water partition coefficient (Wildman–Crippen LogP) is 1.20. The molecule has 0 unspecified atom stereocenters. The fourth-order valence-electron chi connectivity index (χ4n) is 2.46. The number of para-hydroxylation sites is 1. The fourth-order valence-corrected chi connectivity index (χ4v) is 2.46. The van der Waals surface area contributed by atoms with Crippen molar-refractivity contribution in [3.05, 3.63) is 59.2 Å². The molecule has 0 fully saturated rings. The van der Waals surface area contributed by atoms with Crippen LogP contribution in [0.5, 0.6) is 5.75 Å². The molecule has 2 rings (SSSR count). The minimum Gasteiger partial charge on any atom is -0.483 e. The molecule has 0 atom stereocenters. The summed E-state index contributed by atoms with van der Waals surface area (Å²) in [5.41, 5.74) is 3.42. The number of quaternary nitrogens is 1. The number of amides is 2. The number of anilines is 1. The van der Waals surface area contributed by atoms with E-state index in [2.05, 4.69) is 10.6 Å². The zero-order valence-corrected chi connectivity index (χ0v) is 16.4. The molecule has 27 heavy (non-hydrogen) atoms. The molecule has 0 aliphatic carbocycles. The number of rotatable bonds is 8. The third-order valence-corrected chi connectivity index (χ3v) is 4.19. The highest BCUT2D eigenvalue weighted by Crippen LogP contribution is 2.18. The molecule has 6 nitrogen and oxygen atoms in total. The molecule has 3 N–H and O–H groups in total. The van der Waals surface area contributed by atoms with Crippen molar-refractivity contribution in [2.45, 2.75) is 13.8 Å². The Morgan fingerprint density at radius 3 is 2.48 bits per heavy atom.